The maximum atomic E-state index is 13.4. The van der Waals surface area contributed by atoms with Crippen molar-refractivity contribution in [3.05, 3.63) is 101 Å². The van der Waals surface area contributed by atoms with Gasteiger partial charge < -0.3 is 29.9 Å². The number of piperidine rings is 1. The number of aryl methyl sites for hydroxylation is 2. The van der Waals surface area contributed by atoms with Crippen LogP contribution in [0.4, 0.5) is 22.0 Å². The molecule has 2 aromatic carbocycles. The molecule has 7 heterocycles. The molecule has 17 nitrogen and oxygen atoms in total. The van der Waals surface area contributed by atoms with Crippen molar-refractivity contribution in [3.63, 3.8) is 0 Å². The Balaban J connectivity index is 0.861. The molecule has 314 valence electrons. The first-order valence-electron chi connectivity index (χ1n) is 20.8. The fraction of sp³-hybridized carbons (Fsp3) is 0.364. The number of benzene rings is 2. The van der Waals surface area contributed by atoms with Crippen molar-refractivity contribution < 1.29 is 18.9 Å². The SMILES string of the molecule is Cc1cc(-c2nn(C)c(=O)c3[nH]c(-c4ccc(N5CCNCC5CC5CCN(c6ccc(N7CCC(=O)NC7=O)cc6)CC5)nc4)cc23)ccc1C(C)NC(=O)c1ncno1. The molecule has 3 aliphatic heterocycles. The molecule has 2 atom stereocenters. The number of imide groups is 1. The Bertz CT molecular complexity index is 2630. The predicted octanol–water partition coefficient (Wildman–Crippen LogP) is 4.70. The Hall–Kier alpha value is -6.88. The van der Waals surface area contributed by atoms with Crippen LogP contribution >= 0.6 is 0 Å². The molecular weight excluding hydrogens is 777 g/mol. The fourth-order valence-corrected chi connectivity index (χ4v) is 8.96. The highest BCUT2D eigenvalue weighted by molar-refractivity contribution is 6.05. The summed E-state index contributed by atoms with van der Waals surface area (Å²) in [6, 6.07) is 19.7. The molecule has 3 fully saturated rings. The quantitative estimate of drug-likeness (QED) is 0.149. The van der Waals surface area contributed by atoms with E-state index in [0.717, 1.165) is 97.1 Å². The summed E-state index contributed by atoms with van der Waals surface area (Å²) in [4.78, 5) is 68.4. The number of H-pyrrole nitrogens is 1. The third-order valence-corrected chi connectivity index (χ3v) is 12.2. The second-order valence-corrected chi connectivity index (χ2v) is 16.2. The van der Waals surface area contributed by atoms with Gasteiger partial charge in [0.25, 0.3) is 5.56 Å². The topological polar surface area (TPSA) is 200 Å². The fourth-order valence-electron chi connectivity index (χ4n) is 8.96. The van der Waals surface area contributed by atoms with E-state index in [4.69, 9.17) is 9.51 Å². The van der Waals surface area contributed by atoms with Crippen LogP contribution in [-0.4, -0.2) is 93.0 Å². The van der Waals surface area contributed by atoms with E-state index in [1.165, 1.54) is 11.0 Å². The maximum Gasteiger partial charge on any atom is 0.328 e. The number of nitrogens with one attached hydrogen (secondary N) is 4. The summed E-state index contributed by atoms with van der Waals surface area (Å²) >= 11 is 0. The number of hydrogen-bond donors (Lipinski definition) is 4. The first-order chi connectivity index (χ1) is 29.6. The van der Waals surface area contributed by atoms with E-state index < -0.39 is 5.91 Å². The van der Waals surface area contributed by atoms with Gasteiger partial charge in [0.05, 0.1) is 6.04 Å². The molecule has 61 heavy (non-hydrogen) atoms. The number of aromatic nitrogens is 6. The number of amides is 4. The number of pyridine rings is 1. The summed E-state index contributed by atoms with van der Waals surface area (Å²) in [5, 5.41) is 17.8. The van der Waals surface area contributed by atoms with Gasteiger partial charge >= 0.3 is 17.8 Å². The van der Waals surface area contributed by atoms with Crippen molar-refractivity contribution in [2.75, 3.05) is 54.0 Å². The average Bonchev–Trinajstić information content (AvgIpc) is 3.98. The predicted molar refractivity (Wildman–Crippen MR) is 230 cm³/mol. The summed E-state index contributed by atoms with van der Waals surface area (Å²) < 4.78 is 6.25. The molecule has 3 saturated heterocycles. The van der Waals surface area contributed by atoms with Crippen LogP contribution in [0, 0.1) is 12.8 Å². The van der Waals surface area contributed by atoms with Crippen LogP contribution in [0.5, 0.6) is 0 Å². The van der Waals surface area contributed by atoms with Crippen LogP contribution in [0.15, 0.2) is 82.5 Å². The minimum absolute atomic E-state index is 0.0997. The van der Waals surface area contributed by atoms with Crippen LogP contribution in [-0.2, 0) is 11.8 Å². The molecule has 4 aromatic heterocycles. The molecule has 4 amide bonds. The van der Waals surface area contributed by atoms with Crippen molar-refractivity contribution in [2.45, 2.75) is 51.6 Å². The number of carbonyl (C=O) groups excluding carboxylic acids is 3. The number of hydrogen-bond acceptors (Lipinski definition) is 12. The lowest BCUT2D eigenvalue weighted by Gasteiger charge is -2.41. The Labute approximate surface area is 351 Å². The second-order valence-electron chi connectivity index (χ2n) is 16.2. The minimum Gasteiger partial charge on any atom is -0.372 e. The molecule has 0 spiro atoms. The van der Waals surface area contributed by atoms with Crippen molar-refractivity contribution >= 4 is 45.9 Å². The average molecular weight is 825 g/mol. The standard InChI is InChI=1S/C44H48N12O5/c1-26-20-29(4-10-34(26)27(2)49-41(58)42-47-25-48-61-42)39-35-22-36(50-40(35)43(59)53(3)52-39)30-5-11-37(46-23-30)55-19-15-45-24-33(55)21-28-12-16-54(17-13-28)31-6-8-32(9-7-31)56-18-14-38(57)51-44(56)60/h4-11,20,22-23,25,27-28,33,45,50H,12-19,21,24H2,1-3H3,(H,49,58)(H,51,57,60). The van der Waals surface area contributed by atoms with Crippen LogP contribution in [0.1, 0.15) is 60.5 Å². The Morgan fingerprint density at radius 3 is 2.46 bits per heavy atom. The first-order valence-corrected chi connectivity index (χ1v) is 20.8. The van der Waals surface area contributed by atoms with Gasteiger partial charge in [-0.1, -0.05) is 17.3 Å². The van der Waals surface area contributed by atoms with E-state index in [2.05, 4.69) is 70.2 Å². The van der Waals surface area contributed by atoms with Gasteiger partial charge in [-0.15, -0.1) is 0 Å². The normalized spacial score (nSPS) is 18.1. The van der Waals surface area contributed by atoms with Gasteiger partial charge in [-0.05, 0) is 98.7 Å². The molecule has 2 unspecified atom stereocenters. The monoisotopic (exact) mass is 824 g/mol. The Kier molecular flexibility index (Phi) is 10.8. The first kappa shape index (κ1) is 39.6. The molecular formula is C44H48N12O5. The number of piperazine rings is 1. The number of aromatic amines is 1. The van der Waals surface area contributed by atoms with Crippen LogP contribution in [0.2, 0.25) is 0 Å². The summed E-state index contributed by atoms with van der Waals surface area (Å²) in [7, 11) is 1.65. The number of anilines is 3. The summed E-state index contributed by atoms with van der Waals surface area (Å²) in [6.45, 7) is 8.84. The third kappa shape index (κ3) is 8.07. The van der Waals surface area contributed by atoms with Gasteiger partial charge in [0.1, 0.15) is 17.0 Å². The van der Waals surface area contributed by atoms with Crippen molar-refractivity contribution in [1.29, 1.82) is 0 Å². The highest BCUT2D eigenvalue weighted by Crippen LogP contribution is 2.34. The van der Waals surface area contributed by atoms with E-state index in [1.54, 1.807) is 11.9 Å². The van der Waals surface area contributed by atoms with Gasteiger partial charge in [-0.3, -0.25) is 24.6 Å². The Morgan fingerprint density at radius 2 is 1.74 bits per heavy atom. The summed E-state index contributed by atoms with van der Waals surface area (Å²) in [5.74, 6) is 0.736. The molecule has 3 aliphatic rings. The summed E-state index contributed by atoms with van der Waals surface area (Å²) in [6.07, 6.45) is 6.62. The van der Waals surface area contributed by atoms with Gasteiger partial charge in [0.2, 0.25) is 5.91 Å². The molecule has 0 saturated carbocycles. The molecule has 0 radical (unpaired) electrons. The van der Waals surface area contributed by atoms with Gasteiger partial charge in [-0.2, -0.15) is 10.1 Å². The lowest BCUT2D eigenvalue weighted by Crippen LogP contribution is -2.53. The second kappa shape index (κ2) is 16.6. The van der Waals surface area contributed by atoms with Crippen LogP contribution in [0.25, 0.3) is 33.4 Å². The van der Waals surface area contributed by atoms with E-state index in [1.807, 2.05) is 56.4 Å². The van der Waals surface area contributed by atoms with Gasteiger partial charge in [0, 0.05) is 98.6 Å². The van der Waals surface area contributed by atoms with Crippen LogP contribution < -0.4 is 36.2 Å². The molecule has 6 aromatic rings. The lowest BCUT2D eigenvalue weighted by molar-refractivity contribution is -0.120. The number of carbonyl (C=O) groups is 3. The highest BCUT2D eigenvalue weighted by Gasteiger charge is 2.30. The smallest absolute Gasteiger partial charge is 0.328 e. The summed E-state index contributed by atoms with van der Waals surface area (Å²) in [5.41, 5.74) is 7.18. The molecule has 0 aliphatic carbocycles. The molecule has 0 bridgehead atoms. The van der Waals surface area contributed by atoms with Gasteiger partial charge in [0.15, 0.2) is 6.33 Å². The Morgan fingerprint density at radius 1 is 0.951 bits per heavy atom. The minimum atomic E-state index is -0.452. The number of rotatable bonds is 10. The van der Waals surface area contributed by atoms with E-state index >= 15 is 0 Å². The molecule has 17 heteroatoms. The van der Waals surface area contributed by atoms with Crippen molar-refractivity contribution in [3.8, 4) is 22.5 Å². The molecule has 9 rings (SSSR count). The highest BCUT2D eigenvalue weighted by atomic mass is 16.5. The van der Waals surface area contributed by atoms with E-state index in [0.29, 0.717) is 41.5 Å². The zero-order chi connectivity index (χ0) is 42.2. The largest absolute Gasteiger partial charge is 0.372 e. The van der Waals surface area contributed by atoms with Crippen LogP contribution in [0.3, 0.4) is 0 Å². The maximum absolute atomic E-state index is 13.4. The number of urea groups is 1. The van der Waals surface area contributed by atoms with Crippen molar-refractivity contribution in [2.24, 2.45) is 13.0 Å². The number of nitrogens with zero attached hydrogens (tertiary/aromatic N) is 8. The van der Waals surface area contributed by atoms with E-state index in [9.17, 15) is 19.2 Å². The molecule has 4 N–H and O–H groups in total. The third-order valence-electron chi connectivity index (χ3n) is 12.2. The zero-order valence-corrected chi connectivity index (χ0v) is 34.4. The van der Waals surface area contributed by atoms with Gasteiger partial charge in [-0.25, -0.2) is 14.5 Å². The lowest BCUT2D eigenvalue weighted by atomic mass is 9.88. The van der Waals surface area contributed by atoms with E-state index in [-0.39, 0.29) is 29.4 Å². The van der Waals surface area contributed by atoms with Crippen molar-refractivity contribution in [1.82, 2.24) is 45.8 Å². The zero-order valence-electron chi connectivity index (χ0n) is 34.4. The number of fused-ring (bicyclic) bond motifs is 1.